The fourth-order valence-electron chi connectivity index (χ4n) is 2.36. The molecule has 2 heterocycles. The zero-order chi connectivity index (χ0) is 14.4. The van der Waals surface area contributed by atoms with Gasteiger partial charge in [-0.05, 0) is 29.0 Å². The topological polar surface area (TPSA) is 43.1 Å². The molecule has 0 spiro atoms. The average Bonchev–Trinajstić information content (AvgIpc) is 2.92. The number of fused-ring (bicyclic) bond motifs is 2. The molecule has 0 N–H and O–H groups in total. The Morgan fingerprint density at radius 1 is 0.952 bits per heavy atom. The Balaban J connectivity index is 1.98. The molecule has 0 unspecified atom stereocenters. The molecule has 102 valence electrons. The first-order valence-electron chi connectivity index (χ1n) is 6.27. The first-order valence-corrected chi connectivity index (χ1v) is 7.44. The van der Waals surface area contributed by atoms with Crippen molar-refractivity contribution in [1.82, 2.24) is 19.6 Å². The summed E-state index contributed by atoms with van der Waals surface area (Å²) < 4.78 is 2.85. The van der Waals surface area contributed by atoms with E-state index in [0.717, 1.165) is 20.8 Å². The van der Waals surface area contributed by atoms with Gasteiger partial charge in [0.05, 0.1) is 12.4 Å². The highest BCUT2D eigenvalue weighted by molar-refractivity contribution is 9.10. The van der Waals surface area contributed by atoms with Crippen LogP contribution >= 0.6 is 27.5 Å². The molecule has 4 rings (SSSR count). The van der Waals surface area contributed by atoms with Gasteiger partial charge in [-0.25, -0.2) is 0 Å². The van der Waals surface area contributed by atoms with Gasteiger partial charge >= 0.3 is 0 Å². The quantitative estimate of drug-likeness (QED) is 0.507. The maximum absolute atomic E-state index is 6.21. The van der Waals surface area contributed by atoms with Crippen LogP contribution in [-0.2, 0) is 0 Å². The van der Waals surface area contributed by atoms with Gasteiger partial charge in [-0.15, -0.1) is 10.2 Å². The van der Waals surface area contributed by atoms with Crippen LogP contribution in [0.15, 0.2) is 53.3 Å². The number of hydrogen-bond donors (Lipinski definition) is 0. The number of hydrogen-bond acceptors (Lipinski definition) is 3. The molecule has 0 bridgehead atoms. The SMILES string of the molecule is Clc1cncc2nnc(-c3ccc4cc(Br)ccc4c3)n12. The summed E-state index contributed by atoms with van der Waals surface area (Å²) in [5, 5.41) is 11.1. The number of rotatable bonds is 1. The molecule has 0 aliphatic rings. The minimum absolute atomic E-state index is 0.489. The Bertz CT molecular complexity index is 980. The molecule has 2 aromatic carbocycles. The number of benzene rings is 2. The Morgan fingerprint density at radius 2 is 1.76 bits per heavy atom. The van der Waals surface area contributed by atoms with Crippen LogP contribution in [0.1, 0.15) is 0 Å². The fourth-order valence-corrected chi connectivity index (χ4v) is 2.96. The molecule has 0 saturated heterocycles. The molecule has 0 aliphatic heterocycles. The van der Waals surface area contributed by atoms with Crippen LogP contribution in [0.2, 0.25) is 5.15 Å². The van der Waals surface area contributed by atoms with Crippen molar-refractivity contribution in [3.63, 3.8) is 0 Å². The predicted octanol–water partition coefficient (Wildman–Crippen LogP) is 4.36. The van der Waals surface area contributed by atoms with Crippen molar-refractivity contribution in [1.29, 1.82) is 0 Å². The molecule has 4 aromatic rings. The molecule has 4 nitrogen and oxygen atoms in total. The summed E-state index contributed by atoms with van der Waals surface area (Å²) in [6, 6.07) is 12.3. The zero-order valence-corrected chi connectivity index (χ0v) is 13.0. The van der Waals surface area contributed by atoms with Gasteiger partial charge < -0.3 is 0 Å². The summed E-state index contributed by atoms with van der Waals surface area (Å²) in [6.45, 7) is 0. The van der Waals surface area contributed by atoms with Crippen molar-refractivity contribution < 1.29 is 0 Å². The van der Waals surface area contributed by atoms with Crippen molar-refractivity contribution in [3.05, 3.63) is 58.4 Å². The smallest absolute Gasteiger partial charge is 0.180 e. The van der Waals surface area contributed by atoms with Crippen LogP contribution in [-0.4, -0.2) is 19.6 Å². The average molecular weight is 360 g/mol. The summed E-state index contributed by atoms with van der Waals surface area (Å²) in [6.07, 6.45) is 3.22. The number of halogens is 2. The van der Waals surface area contributed by atoms with E-state index in [1.54, 1.807) is 16.8 Å². The molecule has 21 heavy (non-hydrogen) atoms. The normalized spacial score (nSPS) is 11.3. The van der Waals surface area contributed by atoms with Crippen molar-refractivity contribution >= 4 is 44.0 Å². The van der Waals surface area contributed by atoms with Gasteiger partial charge in [0.15, 0.2) is 11.5 Å². The first kappa shape index (κ1) is 12.7. The van der Waals surface area contributed by atoms with Crippen molar-refractivity contribution in [2.45, 2.75) is 0 Å². The number of aromatic nitrogens is 4. The Hall–Kier alpha value is -1.98. The predicted molar refractivity (Wildman–Crippen MR) is 86.4 cm³/mol. The molecule has 2 aromatic heterocycles. The lowest BCUT2D eigenvalue weighted by Gasteiger charge is -2.04. The van der Waals surface area contributed by atoms with E-state index >= 15 is 0 Å². The van der Waals surface area contributed by atoms with Crippen LogP contribution in [0.3, 0.4) is 0 Å². The van der Waals surface area contributed by atoms with Gasteiger partial charge in [-0.1, -0.05) is 45.7 Å². The van der Waals surface area contributed by atoms with Crippen LogP contribution < -0.4 is 0 Å². The lowest BCUT2D eigenvalue weighted by atomic mass is 10.1. The first-order chi connectivity index (χ1) is 10.2. The molecule has 0 saturated carbocycles. The Labute approximate surface area is 133 Å². The molecule has 0 atom stereocenters. The van der Waals surface area contributed by atoms with Gasteiger partial charge in [-0.2, -0.15) is 0 Å². The van der Waals surface area contributed by atoms with E-state index in [1.165, 1.54) is 0 Å². The third kappa shape index (κ3) is 2.09. The van der Waals surface area contributed by atoms with E-state index in [0.29, 0.717) is 16.6 Å². The highest BCUT2D eigenvalue weighted by atomic mass is 79.9. The summed E-state index contributed by atoms with van der Waals surface area (Å²) >= 11 is 9.69. The summed E-state index contributed by atoms with van der Waals surface area (Å²) in [5.74, 6) is 0.710. The second kappa shape index (κ2) is 4.79. The molecule has 0 fully saturated rings. The third-order valence-electron chi connectivity index (χ3n) is 3.33. The summed E-state index contributed by atoms with van der Waals surface area (Å²) in [7, 11) is 0. The lowest BCUT2D eigenvalue weighted by molar-refractivity contribution is 1.11. The van der Waals surface area contributed by atoms with E-state index in [2.05, 4.69) is 55.4 Å². The van der Waals surface area contributed by atoms with Gasteiger partial charge in [0, 0.05) is 10.0 Å². The molecule has 0 radical (unpaired) electrons. The Morgan fingerprint density at radius 3 is 2.67 bits per heavy atom. The zero-order valence-electron chi connectivity index (χ0n) is 10.7. The maximum atomic E-state index is 6.21. The Kier molecular flexibility index (Phi) is 2.90. The van der Waals surface area contributed by atoms with Gasteiger partial charge in [-0.3, -0.25) is 9.38 Å². The highest BCUT2D eigenvalue weighted by Crippen LogP contribution is 2.27. The van der Waals surface area contributed by atoms with E-state index in [9.17, 15) is 0 Å². The summed E-state index contributed by atoms with van der Waals surface area (Å²) in [5.41, 5.74) is 1.60. The van der Waals surface area contributed by atoms with E-state index in [-0.39, 0.29) is 0 Å². The van der Waals surface area contributed by atoms with Crippen LogP contribution in [0.25, 0.3) is 27.8 Å². The van der Waals surface area contributed by atoms with Crippen LogP contribution in [0.4, 0.5) is 0 Å². The monoisotopic (exact) mass is 358 g/mol. The van der Waals surface area contributed by atoms with E-state index < -0.39 is 0 Å². The molecular weight excluding hydrogens is 352 g/mol. The lowest BCUT2D eigenvalue weighted by Crippen LogP contribution is -1.92. The van der Waals surface area contributed by atoms with Crippen LogP contribution in [0.5, 0.6) is 0 Å². The van der Waals surface area contributed by atoms with E-state index in [4.69, 9.17) is 11.6 Å². The second-order valence-electron chi connectivity index (χ2n) is 4.65. The standard InChI is InChI=1S/C15H8BrClN4/c16-12-4-3-9-5-11(2-1-10(9)6-12)15-20-19-14-8-18-7-13(17)21(14)15/h1-8H. The molecule has 0 amide bonds. The van der Waals surface area contributed by atoms with Crippen LogP contribution in [0, 0.1) is 0 Å². The third-order valence-corrected chi connectivity index (χ3v) is 4.09. The minimum atomic E-state index is 0.489. The largest absolute Gasteiger partial charge is 0.262 e. The van der Waals surface area contributed by atoms with E-state index in [1.807, 2.05) is 12.1 Å². The van der Waals surface area contributed by atoms with Crippen molar-refractivity contribution in [2.75, 3.05) is 0 Å². The highest BCUT2D eigenvalue weighted by Gasteiger charge is 2.11. The second-order valence-corrected chi connectivity index (χ2v) is 5.96. The fraction of sp³-hybridized carbons (Fsp3) is 0. The number of nitrogens with zero attached hydrogens (tertiary/aromatic N) is 4. The molecular formula is C15H8BrClN4. The summed E-state index contributed by atoms with van der Waals surface area (Å²) in [4.78, 5) is 4.02. The molecule has 6 heteroatoms. The maximum Gasteiger partial charge on any atom is 0.180 e. The van der Waals surface area contributed by atoms with Crippen molar-refractivity contribution in [2.24, 2.45) is 0 Å². The van der Waals surface area contributed by atoms with Crippen molar-refractivity contribution in [3.8, 4) is 11.4 Å². The van der Waals surface area contributed by atoms with Gasteiger partial charge in [0.25, 0.3) is 0 Å². The van der Waals surface area contributed by atoms with Gasteiger partial charge in [0.2, 0.25) is 0 Å². The molecule has 0 aliphatic carbocycles. The minimum Gasteiger partial charge on any atom is -0.262 e. The van der Waals surface area contributed by atoms with Gasteiger partial charge in [0.1, 0.15) is 5.15 Å².